The van der Waals surface area contributed by atoms with Gasteiger partial charge in [-0.3, -0.25) is 9.89 Å². The first-order chi connectivity index (χ1) is 8.97. The van der Waals surface area contributed by atoms with E-state index in [9.17, 15) is 4.79 Å². The second-order valence-corrected chi connectivity index (χ2v) is 4.89. The van der Waals surface area contributed by atoms with Crippen LogP contribution in [-0.2, 0) is 6.54 Å². The standard InChI is InChI=1S/C13H15ClN4O/c1-8-4-5-10(14)6-11(8)13(19)18(3)7-12-15-9(2)16-17-12/h4-6H,7H2,1-3H3,(H,15,16,17). The van der Waals surface area contributed by atoms with Crippen LogP contribution in [0.15, 0.2) is 18.2 Å². The van der Waals surface area contributed by atoms with Gasteiger partial charge in [0, 0.05) is 17.6 Å². The van der Waals surface area contributed by atoms with E-state index < -0.39 is 0 Å². The zero-order valence-electron chi connectivity index (χ0n) is 11.1. The minimum atomic E-state index is -0.0950. The summed E-state index contributed by atoms with van der Waals surface area (Å²) in [7, 11) is 1.72. The molecule has 0 aliphatic heterocycles. The third kappa shape index (κ3) is 3.12. The molecule has 0 aliphatic rings. The van der Waals surface area contributed by atoms with Gasteiger partial charge in [0.05, 0.1) is 6.54 Å². The van der Waals surface area contributed by atoms with Crippen LogP contribution in [0.4, 0.5) is 0 Å². The van der Waals surface area contributed by atoms with Crippen molar-refractivity contribution in [1.29, 1.82) is 0 Å². The third-order valence-corrected chi connectivity index (χ3v) is 3.03. The van der Waals surface area contributed by atoms with Crippen LogP contribution in [0.2, 0.25) is 5.02 Å². The summed E-state index contributed by atoms with van der Waals surface area (Å²) in [4.78, 5) is 18.1. The SMILES string of the molecule is Cc1nc(CN(C)C(=O)c2cc(Cl)ccc2C)n[nH]1. The van der Waals surface area contributed by atoms with Crippen molar-refractivity contribution in [2.45, 2.75) is 20.4 Å². The van der Waals surface area contributed by atoms with Gasteiger partial charge in [-0.2, -0.15) is 5.10 Å². The van der Waals surface area contributed by atoms with Gasteiger partial charge in [-0.25, -0.2) is 4.98 Å². The number of hydrogen-bond acceptors (Lipinski definition) is 3. The molecule has 5 nitrogen and oxygen atoms in total. The zero-order chi connectivity index (χ0) is 14.0. The Kier molecular flexibility index (Phi) is 3.85. The normalized spacial score (nSPS) is 10.5. The minimum absolute atomic E-state index is 0.0950. The minimum Gasteiger partial charge on any atom is -0.334 e. The molecule has 0 saturated carbocycles. The smallest absolute Gasteiger partial charge is 0.254 e. The molecule has 0 radical (unpaired) electrons. The summed E-state index contributed by atoms with van der Waals surface area (Å²) in [5, 5.41) is 7.32. The summed E-state index contributed by atoms with van der Waals surface area (Å²) < 4.78 is 0. The van der Waals surface area contributed by atoms with Gasteiger partial charge in [0.2, 0.25) is 0 Å². The third-order valence-electron chi connectivity index (χ3n) is 2.80. The fraction of sp³-hybridized carbons (Fsp3) is 0.308. The number of aromatic nitrogens is 3. The highest BCUT2D eigenvalue weighted by Gasteiger charge is 2.16. The molecule has 6 heteroatoms. The van der Waals surface area contributed by atoms with Crippen molar-refractivity contribution in [1.82, 2.24) is 20.1 Å². The Balaban J connectivity index is 2.16. The Bertz CT molecular complexity index is 608. The molecule has 1 aromatic carbocycles. The highest BCUT2D eigenvalue weighted by Crippen LogP contribution is 2.17. The van der Waals surface area contributed by atoms with Crippen LogP contribution < -0.4 is 0 Å². The van der Waals surface area contributed by atoms with Crippen molar-refractivity contribution in [3.05, 3.63) is 46.0 Å². The Hall–Kier alpha value is -1.88. The maximum Gasteiger partial charge on any atom is 0.254 e. The van der Waals surface area contributed by atoms with Crippen LogP contribution in [0.1, 0.15) is 27.6 Å². The number of carbonyl (C=O) groups excluding carboxylic acids is 1. The van der Waals surface area contributed by atoms with Crippen molar-refractivity contribution < 1.29 is 4.79 Å². The summed E-state index contributed by atoms with van der Waals surface area (Å²) in [6.45, 7) is 4.06. The first-order valence-electron chi connectivity index (χ1n) is 5.87. The molecule has 1 aromatic heterocycles. The topological polar surface area (TPSA) is 61.9 Å². The molecule has 0 saturated heterocycles. The number of nitrogens with one attached hydrogen (secondary N) is 1. The number of H-pyrrole nitrogens is 1. The van der Waals surface area contributed by atoms with Gasteiger partial charge >= 0.3 is 0 Å². The molecular formula is C13H15ClN4O. The molecule has 19 heavy (non-hydrogen) atoms. The van der Waals surface area contributed by atoms with Gasteiger partial charge in [-0.1, -0.05) is 17.7 Å². The van der Waals surface area contributed by atoms with E-state index in [2.05, 4.69) is 15.2 Å². The molecule has 1 heterocycles. The van der Waals surface area contributed by atoms with Crippen molar-refractivity contribution in [3.8, 4) is 0 Å². The summed E-state index contributed by atoms with van der Waals surface area (Å²) in [6, 6.07) is 5.28. The Labute approximate surface area is 116 Å². The maximum absolute atomic E-state index is 12.3. The predicted octanol–water partition coefficient (Wildman–Crippen LogP) is 2.35. The summed E-state index contributed by atoms with van der Waals surface area (Å²) >= 11 is 5.93. The lowest BCUT2D eigenvalue weighted by Gasteiger charge is -2.16. The van der Waals surface area contributed by atoms with Crippen molar-refractivity contribution in [2.75, 3.05) is 7.05 Å². The molecular weight excluding hydrogens is 264 g/mol. The number of halogens is 1. The van der Waals surface area contributed by atoms with Crippen LogP contribution >= 0.6 is 11.6 Å². The van der Waals surface area contributed by atoms with E-state index in [1.165, 1.54) is 0 Å². The number of nitrogens with zero attached hydrogens (tertiary/aromatic N) is 3. The number of hydrogen-bond donors (Lipinski definition) is 1. The van der Waals surface area contributed by atoms with Gasteiger partial charge < -0.3 is 4.90 Å². The second kappa shape index (κ2) is 5.40. The molecule has 2 rings (SSSR count). The summed E-state index contributed by atoms with van der Waals surface area (Å²) in [5.74, 6) is 1.23. The van der Waals surface area contributed by atoms with E-state index in [1.807, 2.05) is 19.9 Å². The molecule has 2 aromatic rings. The van der Waals surface area contributed by atoms with Crippen LogP contribution in [0.3, 0.4) is 0 Å². The first-order valence-corrected chi connectivity index (χ1v) is 6.24. The lowest BCUT2D eigenvalue weighted by molar-refractivity contribution is 0.0781. The second-order valence-electron chi connectivity index (χ2n) is 4.46. The molecule has 100 valence electrons. The van der Waals surface area contributed by atoms with E-state index in [-0.39, 0.29) is 5.91 Å². The molecule has 0 bridgehead atoms. The van der Waals surface area contributed by atoms with Gasteiger partial charge in [-0.05, 0) is 31.5 Å². The zero-order valence-corrected chi connectivity index (χ0v) is 11.8. The highest BCUT2D eigenvalue weighted by atomic mass is 35.5. The van der Waals surface area contributed by atoms with E-state index in [0.29, 0.717) is 23.0 Å². The van der Waals surface area contributed by atoms with E-state index in [0.717, 1.165) is 11.4 Å². The van der Waals surface area contributed by atoms with E-state index in [1.54, 1.807) is 24.1 Å². The highest BCUT2D eigenvalue weighted by molar-refractivity contribution is 6.31. The van der Waals surface area contributed by atoms with Crippen molar-refractivity contribution in [3.63, 3.8) is 0 Å². The average molecular weight is 279 g/mol. The average Bonchev–Trinajstić information content (AvgIpc) is 2.77. The quantitative estimate of drug-likeness (QED) is 0.937. The summed E-state index contributed by atoms with van der Waals surface area (Å²) in [5.41, 5.74) is 1.50. The lowest BCUT2D eigenvalue weighted by atomic mass is 10.1. The molecule has 0 fully saturated rings. The summed E-state index contributed by atoms with van der Waals surface area (Å²) in [6.07, 6.45) is 0. The number of aromatic amines is 1. The molecule has 0 spiro atoms. The number of rotatable bonds is 3. The molecule has 1 amide bonds. The predicted molar refractivity (Wildman–Crippen MR) is 73.1 cm³/mol. The fourth-order valence-electron chi connectivity index (χ4n) is 1.77. The number of benzene rings is 1. The van der Waals surface area contributed by atoms with Crippen LogP contribution in [0.5, 0.6) is 0 Å². The number of aryl methyl sites for hydroxylation is 2. The van der Waals surface area contributed by atoms with Gasteiger partial charge in [0.1, 0.15) is 5.82 Å². The Morgan fingerprint density at radius 3 is 2.79 bits per heavy atom. The molecule has 0 atom stereocenters. The largest absolute Gasteiger partial charge is 0.334 e. The Morgan fingerprint density at radius 1 is 1.42 bits per heavy atom. The number of carbonyl (C=O) groups is 1. The van der Waals surface area contributed by atoms with Crippen LogP contribution in [0.25, 0.3) is 0 Å². The Morgan fingerprint density at radius 2 is 2.16 bits per heavy atom. The molecule has 0 aliphatic carbocycles. The fourth-order valence-corrected chi connectivity index (χ4v) is 1.95. The van der Waals surface area contributed by atoms with E-state index in [4.69, 9.17) is 11.6 Å². The van der Waals surface area contributed by atoms with Crippen LogP contribution in [-0.4, -0.2) is 33.0 Å². The van der Waals surface area contributed by atoms with Gasteiger partial charge in [0.15, 0.2) is 5.82 Å². The molecule has 1 N–H and O–H groups in total. The molecule has 0 unspecified atom stereocenters. The van der Waals surface area contributed by atoms with Crippen molar-refractivity contribution >= 4 is 17.5 Å². The van der Waals surface area contributed by atoms with Crippen LogP contribution in [0, 0.1) is 13.8 Å². The van der Waals surface area contributed by atoms with Gasteiger partial charge in [-0.15, -0.1) is 0 Å². The number of amides is 1. The van der Waals surface area contributed by atoms with Gasteiger partial charge in [0.25, 0.3) is 5.91 Å². The van der Waals surface area contributed by atoms with E-state index >= 15 is 0 Å². The van der Waals surface area contributed by atoms with Crippen molar-refractivity contribution in [2.24, 2.45) is 0 Å². The maximum atomic E-state index is 12.3. The first kappa shape index (κ1) is 13.5. The monoisotopic (exact) mass is 278 g/mol. The lowest BCUT2D eigenvalue weighted by Crippen LogP contribution is -2.27.